The van der Waals surface area contributed by atoms with Gasteiger partial charge in [0, 0.05) is 11.8 Å². The lowest BCUT2D eigenvalue weighted by atomic mass is 10.1. The Morgan fingerprint density at radius 3 is 2.44 bits per heavy atom. The smallest absolute Gasteiger partial charge is 0.405 e. The van der Waals surface area contributed by atoms with Gasteiger partial charge in [-0.05, 0) is 22.8 Å². The molecule has 0 aliphatic heterocycles. The summed E-state index contributed by atoms with van der Waals surface area (Å²) >= 11 is 0. The van der Waals surface area contributed by atoms with Crippen LogP contribution in [-0.4, -0.2) is 27.9 Å². The number of nitrogens with one attached hydrogen (secondary N) is 1. The van der Waals surface area contributed by atoms with Gasteiger partial charge in [0.15, 0.2) is 0 Å². The SMILES string of the molecule is O=C(O)NC(COc1cncc(-c2ccc(CO)cc2)c1)c1ccccc1. The third-order valence-corrected chi connectivity index (χ3v) is 4.10. The fourth-order valence-corrected chi connectivity index (χ4v) is 2.69. The van der Waals surface area contributed by atoms with E-state index in [4.69, 9.17) is 14.9 Å². The molecule has 1 aromatic heterocycles. The zero-order chi connectivity index (χ0) is 19.1. The average Bonchev–Trinajstić information content (AvgIpc) is 2.72. The van der Waals surface area contributed by atoms with Gasteiger partial charge in [-0.15, -0.1) is 0 Å². The van der Waals surface area contributed by atoms with Crippen LogP contribution in [0, 0.1) is 0 Å². The minimum Gasteiger partial charge on any atom is -0.489 e. The summed E-state index contributed by atoms with van der Waals surface area (Å²) in [6, 6.07) is 18.2. The van der Waals surface area contributed by atoms with Gasteiger partial charge in [0.1, 0.15) is 12.4 Å². The first-order valence-corrected chi connectivity index (χ1v) is 8.48. The van der Waals surface area contributed by atoms with Crippen LogP contribution in [0.1, 0.15) is 17.2 Å². The molecule has 0 radical (unpaired) electrons. The van der Waals surface area contributed by atoms with Crippen LogP contribution in [0.4, 0.5) is 4.79 Å². The number of pyridine rings is 1. The molecule has 6 heteroatoms. The predicted molar refractivity (Wildman–Crippen MR) is 101 cm³/mol. The summed E-state index contributed by atoms with van der Waals surface area (Å²) in [7, 11) is 0. The van der Waals surface area contributed by atoms with Gasteiger partial charge in [0.25, 0.3) is 0 Å². The number of aliphatic hydroxyl groups is 1. The van der Waals surface area contributed by atoms with Gasteiger partial charge in [-0.25, -0.2) is 4.79 Å². The second-order valence-corrected chi connectivity index (χ2v) is 5.99. The molecule has 0 spiro atoms. The average molecular weight is 364 g/mol. The van der Waals surface area contributed by atoms with E-state index in [0.717, 1.165) is 22.3 Å². The first kappa shape index (κ1) is 18.4. The van der Waals surface area contributed by atoms with Crippen LogP contribution < -0.4 is 10.1 Å². The Hall–Kier alpha value is -3.38. The summed E-state index contributed by atoms with van der Waals surface area (Å²) in [5, 5.41) is 20.7. The van der Waals surface area contributed by atoms with Crippen molar-refractivity contribution >= 4 is 6.09 Å². The summed E-state index contributed by atoms with van der Waals surface area (Å²) in [5.41, 5.74) is 3.49. The molecule has 1 unspecified atom stereocenters. The van der Waals surface area contributed by atoms with E-state index in [1.165, 1.54) is 0 Å². The number of carboxylic acid groups (broad SMARTS) is 1. The van der Waals surface area contributed by atoms with E-state index in [9.17, 15) is 4.79 Å². The molecule has 1 heterocycles. The number of nitrogens with zero attached hydrogens (tertiary/aromatic N) is 1. The van der Waals surface area contributed by atoms with Crippen molar-refractivity contribution in [1.29, 1.82) is 0 Å². The summed E-state index contributed by atoms with van der Waals surface area (Å²) in [6.07, 6.45) is 2.21. The molecular formula is C21H20N2O4. The Morgan fingerprint density at radius 2 is 1.78 bits per heavy atom. The molecule has 27 heavy (non-hydrogen) atoms. The Kier molecular flexibility index (Phi) is 6.02. The lowest BCUT2D eigenvalue weighted by molar-refractivity contribution is 0.181. The van der Waals surface area contributed by atoms with Gasteiger partial charge in [0.2, 0.25) is 0 Å². The second kappa shape index (κ2) is 8.82. The Labute approximate surface area is 157 Å². The molecule has 0 fully saturated rings. The Balaban J connectivity index is 1.73. The Morgan fingerprint density at radius 1 is 1.04 bits per heavy atom. The lowest BCUT2D eigenvalue weighted by Crippen LogP contribution is -2.31. The molecule has 0 bridgehead atoms. The molecule has 0 saturated heterocycles. The zero-order valence-corrected chi connectivity index (χ0v) is 14.6. The maximum absolute atomic E-state index is 11.1. The number of hydrogen-bond donors (Lipinski definition) is 3. The number of rotatable bonds is 7. The normalized spacial score (nSPS) is 11.6. The van der Waals surface area contributed by atoms with Gasteiger partial charge in [-0.2, -0.15) is 0 Å². The molecule has 138 valence electrons. The number of hydrogen-bond acceptors (Lipinski definition) is 4. The number of aliphatic hydroxyl groups excluding tert-OH is 1. The van der Waals surface area contributed by atoms with E-state index >= 15 is 0 Å². The number of benzene rings is 2. The molecule has 2 aromatic carbocycles. The molecule has 6 nitrogen and oxygen atoms in total. The highest BCUT2D eigenvalue weighted by molar-refractivity contribution is 5.65. The first-order chi connectivity index (χ1) is 13.2. The second-order valence-electron chi connectivity index (χ2n) is 5.99. The van der Waals surface area contributed by atoms with Crippen molar-refractivity contribution < 1.29 is 19.7 Å². The minimum atomic E-state index is -1.11. The summed E-state index contributed by atoms with van der Waals surface area (Å²) < 4.78 is 5.80. The fourth-order valence-electron chi connectivity index (χ4n) is 2.69. The highest BCUT2D eigenvalue weighted by Crippen LogP contribution is 2.24. The van der Waals surface area contributed by atoms with Gasteiger partial charge in [0.05, 0.1) is 18.8 Å². The number of aromatic nitrogens is 1. The van der Waals surface area contributed by atoms with Crippen LogP contribution in [0.3, 0.4) is 0 Å². The highest BCUT2D eigenvalue weighted by atomic mass is 16.5. The molecular weight excluding hydrogens is 344 g/mol. The highest BCUT2D eigenvalue weighted by Gasteiger charge is 2.15. The third kappa shape index (κ3) is 5.05. The molecule has 0 aliphatic carbocycles. The summed E-state index contributed by atoms with van der Waals surface area (Å²) in [6.45, 7) is 0.143. The van der Waals surface area contributed by atoms with Crippen molar-refractivity contribution in [1.82, 2.24) is 10.3 Å². The molecule has 3 rings (SSSR count). The van der Waals surface area contributed by atoms with Crippen LogP contribution in [0.2, 0.25) is 0 Å². The first-order valence-electron chi connectivity index (χ1n) is 8.48. The van der Waals surface area contributed by atoms with Gasteiger partial charge >= 0.3 is 6.09 Å². The van der Waals surface area contributed by atoms with Crippen LogP contribution in [0.25, 0.3) is 11.1 Å². The van der Waals surface area contributed by atoms with Crippen molar-refractivity contribution in [3.8, 4) is 16.9 Å². The fraction of sp³-hybridized carbons (Fsp3) is 0.143. The molecule has 0 saturated carbocycles. The van der Waals surface area contributed by atoms with Crippen molar-refractivity contribution in [3.05, 3.63) is 84.2 Å². The summed E-state index contributed by atoms with van der Waals surface area (Å²) in [5.74, 6) is 0.548. The standard InChI is InChI=1S/C21H20N2O4/c24-13-15-6-8-16(9-7-15)18-10-19(12-22-11-18)27-14-20(23-21(25)26)17-4-2-1-3-5-17/h1-12,20,23-24H,13-14H2,(H,25,26). The molecule has 3 N–H and O–H groups in total. The summed E-state index contributed by atoms with van der Waals surface area (Å²) in [4.78, 5) is 15.3. The number of carbonyl (C=O) groups is 1. The maximum Gasteiger partial charge on any atom is 0.405 e. The topological polar surface area (TPSA) is 91.7 Å². The van der Waals surface area contributed by atoms with E-state index in [2.05, 4.69) is 10.3 Å². The monoisotopic (exact) mass is 364 g/mol. The van der Waals surface area contributed by atoms with Crippen molar-refractivity contribution in [2.45, 2.75) is 12.6 Å². The Bertz CT molecular complexity index is 882. The van der Waals surface area contributed by atoms with E-state index in [1.54, 1.807) is 12.4 Å². The van der Waals surface area contributed by atoms with E-state index < -0.39 is 12.1 Å². The number of amides is 1. The van der Waals surface area contributed by atoms with E-state index in [-0.39, 0.29) is 13.2 Å². The van der Waals surface area contributed by atoms with E-state index in [0.29, 0.717) is 5.75 Å². The lowest BCUT2D eigenvalue weighted by Gasteiger charge is -2.18. The molecule has 0 aliphatic rings. The van der Waals surface area contributed by atoms with Crippen molar-refractivity contribution in [2.75, 3.05) is 6.61 Å². The molecule has 3 aromatic rings. The van der Waals surface area contributed by atoms with Crippen molar-refractivity contribution in [2.24, 2.45) is 0 Å². The zero-order valence-electron chi connectivity index (χ0n) is 14.6. The van der Waals surface area contributed by atoms with Gasteiger partial charge < -0.3 is 20.3 Å². The van der Waals surface area contributed by atoms with Crippen molar-refractivity contribution in [3.63, 3.8) is 0 Å². The van der Waals surface area contributed by atoms with Gasteiger partial charge in [-0.1, -0.05) is 54.6 Å². The van der Waals surface area contributed by atoms with E-state index in [1.807, 2.05) is 60.7 Å². The number of ether oxygens (including phenoxy) is 1. The minimum absolute atomic E-state index is 0.000861. The predicted octanol–water partition coefficient (Wildman–Crippen LogP) is 3.63. The molecule has 1 amide bonds. The quantitative estimate of drug-likeness (QED) is 0.595. The van der Waals surface area contributed by atoms with Crippen LogP contribution in [0.5, 0.6) is 5.75 Å². The van der Waals surface area contributed by atoms with Crippen LogP contribution in [-0.2, 0) is 6.61 Å². The van der Waals surface area contributed by atoms with Crippen LogP contribution >= 0.6 is 0 Å². The maximum atomic E-state index is 11.1. The molecule has 1 atom stereocenters. The van der Waals surface area contributed by atoms with Crippen LogP contribution in [0.15, 0.2) is 73.1 Å². The third-order valence-electron chi connectivity index (χ3n) is 4.10. The largest absolute Gasteiger partial charge is 0.489 e. The van der Waals surface area contributed by atoms with Gasteiger partial charge in [-0.3, -0.25) is 4.98 Å².